The fraction of sp³-hybridized carbons (Fsp3) is 0.938. The molecule has 1 atom stereocenters. The quantitative estimate of drug-likeness (QED) is 0.307. The Labute approximate surface area is 152 Å². The van der Waals surface area contributed by atoms with Crippen LogP contribution in [0, 0.1) is 0 Å². The molecule has 2 heterocycles. The van der Waals surface area contributed by atoms with Crippen LogP contribution in [-0.4, -0.2) is 74.8 Å². The number of likely N-dealkylation sites (tertiary alicyclic amines) is 1. The minimum atomic E-state index is 0. The van der Waals surface area contributed by atoms with E-state index in [-0.39, 0.29) is 24.0 Å². The first-order chi connectivity index (χ1) is 10.3. The van der Waals surface area contributed by atoms with Gasteiger partial charge < -0.3 is 15.0 Å². The molecule has 2 fully saturated rings. The van der Waals surface area contributed by atoms with Crippen LogP contribution >= 0.6 is 24.0 Å². The maximum absolute atomic E-state index is 5.45. The van der Waals surface area contributed by atoms with E-state index in [1.165, 1.54) is 32.1 Å². The highest BCUT2D eigenvalue weighted by Gasteiger charge is 2.29. The van der Waals surface area contributed by atoms with Gasteiger partial charge in [0.15, 0.2) is 5.96 Å². The molecule has 5 nitrogen and oxygen atoms in total. The lowest BCUT2D eigenvalue weighted by Gasteiger charge is -2.32. The molecule has 0 saturated carbocycles. The number of aliphatic imine (C=N–C) groups is 1. The molecule has 1 unspecified atom stereocenters. The van der Waals surface area contributed by atoms with Crippen LogP contribution in [0.3, 0.4) is 0 Å². The number of nitrogens with one attached hydrogen (secondary N) is 1. The largest absolute Gasteiger partial charge is 0.379 e. The molecule has 130 valence electrons. The number of hydrogen-bond acceptors (Lipinski definition) is 3. The third kappa shape index (κ3) is 6.20. The molecule has 0 spiro atoms. The SMILES string of the molecule is CCCCCCNC(=NC)N1CCC(N2CCOCC2)C1.I. The summed E-state index contributed by atoms with van der Waals surface area (Å²) in [6, 6.07) is 0.674. The van der Waals surface area contributed by atoms with Crippen LogP contribution in [0.25, 0.3) is 0 Å². The van der Waals surface area contributed by atoms with Crippen LogP contribution in [-0.2, 0) is 4.74 Å². The number of morpholine rings is 1. The van der Waals surface area contributed by atoms with E-state index in [1.54, 1.807) is 0 Å². The summed E-state index contributed by atoms with van der Waals surface area (Å²) in [5.41, 5.74) is 0. The first-order valence-electron chi connectivity index (χ1n) is 8.62. The van der Waals surface area contributed by atoms with Gasteiger partial charge in [-0.25, -0.2) is 0 Å². The van der Waals surface area contributed by atoms with Crippen molar-refractivity contribution in [2.75, 3.05) is 53.0 Å². The van der Waals surface area contributed by atoms with E-state index in [0.717, 1.165) is 51.9 Å². The lowest BCUT2D eigenvalue weighted by atomic mass is 10.2. The molecule has 1 N–H and O–H groups in total. The minimum Gasteiger partial charge on any atom is -0.379 e. The molecule has 2 aliphatic heterocycles. The summed E-state index contributed by atoms with van der Waals surface area (Å²) in [6.07, 6.45) is 6.44. The van der Waals surface area contributed by atoms with Crippen LogP contribution in [0.4, 0.5) is 0 Å². The van der Waals surface area contributed by atoms with Gasteiger partial charge in [-0.05, 0) is 12.8 Å². The molecule has 22 heavy (non-hydrogen) atoms. The van der Waals surface area contributed by atoms with Gasteiger partial charge in [0.2, 0.25) is 0 Å². The molecule has 2 aliphatic rings. The molecular weight excluding hydrogens is 391 g/mol. The zero-order chi connectivity index (χ0) is 14.9. The highest BCUT2D eigenvalue weighted by atomic mass is 127. The Hall–Kier alpha value is -0.0800. The van der Waals surface area contributed by atoms with Gasteiger partial charge in [-0.1, -0.05) is 26.2 Å². The van der Waals surface area contributed by atoms with Crippen LogP contribution in [0.1, 0.15) is 39.0 Å². The normalized spacial score (nSPS) is 23.5. The number of halogens is 1. The van der Waals surface area contributed by atoms with Gasteiger partial charge in [0.25, 0.3) is 0 Å². The van der Waals surface area contributed by atoms with Crippen molar-refractivity contribution in [1.82, 2.24) is 15.1 Å². The average Bonchev–Trinajstić information content (AvgIpc) is 3.01. The highest BCUT2D eigenvalue weighted by Crippen LogP contribution is 2.17. The van der Waals surface area contributed by atoms with Gasteiger partial charge in [0.1, 0.15) is 0 Å². The summed E-state index contributed by atoms with van der Waals surface area (Å²) in [7, 11) is 1.90. The van der Waals surface area contributed by atoms with Gasteiger partial charge in [0, 0.05) is 45.8 Å². The Balaban J connectivity index is 0.00000242. The second-order valence-electron chi connectivity index (χ2n) is 6.07. The summed E-state index contributed by atoms with van der Waals surface area (Å²) < 4.78 is 5.45. The summed E-state index contributed by atoms with van der Waals surface area (Å²) in [4.78, 5) is 9.45. The van der Waals surface area contributed by atoms with Crippen molar-refractivity contribution < 1.29 is 4.74 Å². The first kappa shape index (κ1) is 20.0. The summed E-state index contributed by atoms with van der Waals surface area (Å²) >= 11 is 0. The number of ether oxygens (including phenoxy) is 1. The Bertz CT molecular complexity index is 321. The molecule has 0 amide bonds. The summed E-state index contributed by atoms with van der Waals surface area (Å²) in [5.74, 6) is 1.09. The molecule has 2 saturated heterocycles. The second-order valence-corrected chi connectivity index (χ2v) is 6.07. The van der Waals surface area contributed by atoms with E-state index >= 15 is 0 Å². The topological polar surface area (TPSA) is 40.1 Å². The van der Waals surface area contributed by atoms with Crippen LogP contribution in [0.15, 0.2) is 4.99 Å². The molecular formula is C16H33IN4O. The predicted octanol–water partition coefficient (Wildman–Crippen LogP) is 2.17. The lowest BCUT2D eigenvalue weighted by Crippen LogP contribution is -2.46. The van der Waals surface area contributed by atoms with Crippen LogP contribution in [0.2, 0.25) is 0 Å². The van der Waals surface area contributed by atoms with Crippen molar-refractivity contribution in [3.8, 4) is 0 Å². The zero-order valence-corrected chi connectivity index (χ0v) is 16.6. The lowest BCUT2D eigenvalue weighted by molar-refractivity contribution is 0.0195. The van der Waals surface area contributed by atoms with E-state index in [4.69, 9.17) is 4.74 Å². The van der Waals surface area contributed by atoms with Gasteiger partial charge >= 0.3 is 0 Å². The van der Waals surface area contributed by atoms with Gasteiger partial charge in [-0.2, -0.15) is 0 Å². The number of guanidine groups is 1. The third-order valence-corrected chi connectivity index (χ3v) is 4.55. The van der Waals surface area contributed by atoms with E-state index in [9.17, 15) is 0 Å². The van der Waals surface area contributed by atoms with Gasteiger partial charge in [-0.15, -0.1) is 24.0 Å². The zero-order valence-electron chi connectivity index (χ0n) is 14.2. The van der Waals surface area contributed by atoms with Gasteiger partial charge in [-0.3, -0.25) is 9.89 Å². The summed E-state index contributed by atoms with van der Waals surface area (Å²) in [6.45, 7) is 9.48. The Morgan fingerprint density at radius 2 is 1.95 bits per heavy atom. The fourth-order valence-electron chi connectivity index (χ4n) is 3.26. The van der Waals surface area contributed by atoms with E-state index in [0.29, 0.717) is 6.04 Å². The van der Waals surface area contributed by atoms with Gasteiger partial charge in [0.05, 0.1) is 13.2 Å². The number of hydrogen-bond donors (Lipinski definition) is 1. The maximum Gasteiger partial charge on any atom is 0.193 e. The van der Waals surface area contributed by atoms with Crippen molar-refractivity contribution in [2.24, 2.45) is 4.99 Å². The van der Waals surface area contributed by atoms with Crippen molar-refractivity contribution in [3.63, 3.8) is 0 Å². The summed E-state index contributed by atoms with van der Waals surface area (Å²) in [5, 5.41) is 3.53. The molecule has 0 aliphatic carbocycles. The monoisotopic (exact) mass is 424 g/mol. The molecule has 0 aromatic carbocycles. The second kappa shape index (κ2) is 11.5. The van der Waals surface area contributed by atoms with E-state index < -0.39 is 0 Å². The Morgan fingerprint density at radius 3 is 2.64 bits per heavy atom. The Morgan fingerprint density at radius 1 is 1.18 bits per heavy atom. The van der Waals surface area contributed by atoms with Crippen LogP contribution < -0.4 is 5.32 Å². The molecule has 0 aromatic heterocycles. The maximum atomic E-state index is 5.45. The third-order valence-electron chi connectivity index (χ3n) is 4.55. The smallest absolute Gasteiger partial charge is 0.193 e. The molecule has 0 radical (unpaired) electrons. The highest BCUT2D eigenvalue weighted by molar-refractivity contribution is 14.0. The number of rotatable bonds is 6. The minimum absolute atomic E-state index is 0. The van der Waals surface area contributed by atoms with Crippen molar-refractivity contribution in [3.05, 3.63) is 0 Å². The van der Waals surface area contributed by atoms with E-state index in [1.807, 2.05) is 7.05 Å². The van der Waals surface area contributed by atoms with E-state index in [2.05, 4.69) is 27.0 Å². The van der Waals surface area contributed by atoms with Crippen molar-refractivity contribution in [1.29, 1.82) is 0 Å². The molecule has 2 rings (SSSR count). The molecule has 0 bridgehead atoms. The number of unbranched alkanes of at least 4 members (excludes halogenated alkanes) is 3. The molecule has 0 aromatic rings. The predicted molar refractivity (Wildman–Crippen MR) is 103 cm³/mol. The van der Waals surface area contributed by atoms with Crippen LogP contribution in [0.5, 0.6) is 0 Å². The first-order valence-corrected chi connectivity index (χ1v) is 8.62. The fourth-order valence-corrected chi connectivity index (χ4v) is 3.26. The Kier molecular flexibility index (Phi) is 10.4. The van der Waals surface area contributed by atoms with Crippen molar-refractivity contribution >= 4 is 29.9 Å². The standard InChI is InChI=1S/C16H32N4O.HI/c1-3-4-5-6-8-18-16(17-2)20-9-7-15(14-20)19-10-12-21-13-11-19;/h15H,3-14H2,1-2H3,(H,17,18);1H. The van der Waals surface area contributed by atoms with Crippen molar-refractivity contribution in [2.45, 2.75) is 45.1 Å². The molecule has 6 heteroatoms. The number of nitrogens with zero attached hydrogens (tertiary/aromatic N) is 3. The average molecular weight is 424 g/mol.